The highest BCUT2D eigenvalue weighted by atomic mass is 31.2. The maximum atomic E-state index is 13.6. The van der Waals surface area contributed by atoms with Crippen molar-refractivity contribution in [3.05, 3.63) is 12.7 Å². The van der Waals surface area contributed by atoms with E-state index in [4.69, 9.17) is 24.5 Å². The van der Waals surface area contributed by atoms with E-state index in [-0.39, 0.29) is 18.0 Å². The molecule has 0 fully saturated rings. The molecule has 0 aliphatic rings. The van der Waals surface area contributed by atoms with E-state index in [0.29, 0.717) is 17.7 Å². The Bertz CT molecular complexity index is 1070. The Morgan fingerprint density at radius 1 is 1.11 bits per heavy atom. The first-order valence-electron chi connectivity index (χ1n) is 11.2. The summed E-state index contributed by atoms with van der Waals surface area (Å²) in [5, 5.41) is 2.70. The van der Waals surface area contributed by atoms with Crippen molar-refractivity contribution < 1.29 is 32.9 Å². The smallest absolute Gasteiger partial charge is 0.332 e. The monoisotopic (exact) mass is 514 g/mol. The molecular weight excluding hydrogens is 479 g/mol. The van der Waals surface area contributed by atoms with Crippen LogP contribution in [0.5, 0.6) is 0 Å². The lowest BCUT2D eigenvalue weighted by molar-refractivity contribution is -0.153. The number of aromatic nitrogens is 4. The van der Waals surface area contributed by atoms with Gasteiger partial charge in [-0.3, -0.25) is 9.36 Å². The summed E-state index contributed by atoms with van der Waals surface area (Å²) in [4.78, 5) is 36.8. The molecular formula is C21H35N6O7P. The summed E-state index contributed by atoms with van der Waals surface area (Å²) in [5.41, 5.74) is 5.43. The Hall–Kier alpha value is -2.60. The number of rotatable bonds is 13. The van der Waals surface area contributed by atoms with E-state index in [1.807, 2.05) is 0 Å². The highest BCUT2D eigenvalue weighted by Gasteiger charge is 2.39. The molecule has 2 aromatic heterocycles. The Morgan fingerprint density at radius 3 is 2.40 bits per heavy atom. The summed E-state index contributed by atoms with van der Waals surface area (Å²) < 4.78 is 36.9. The lowest BCUT2D eigenvalue weighted by atomic mass is 10.1. The molecule has 0 saturated carbocycles. The average Bonchev–Trinajstić information content (AvgIpc) is 3.14. The van der Waals surface area contributed by atoms with Crippen LogP contribution >= 0.6 is 7.52 Å². The first-order valence-corrected chi connectivity index (χ1v) is 13.0. The molecule has 0 radical (unpaired) electrons. The number of anilines is 1. The quantitative estimate of drug-likeness (QED) is 0.296. The van der Waals surface area contributed by atoms with Gasteiger partial charge in [-0.1, -0.05) is 0 Å². The van der Waals surface area contributed by atoms with E-state index in [1.54, 1.807) is 45.5 Å². The van der Waals surface area contributed by atoms with Crippen molar-refractivity contribution in [2.75, 3.05) is 18.7 Å². The molecule has 0 bridgehead atoms. The number of ether oxygens (including phenoxy) is 3. The molecule has 0 amide bonds. The van der Waals surface area contributed by atoms with E-state index in [1.165, 1.54) is 20.2 Å². The van der Waals surface area contributed by atoms with Crippen LogP contribution in [0.15, 0.2) is 12.7 Å². The van der Waals surface area contributed by atoms with E-state index in [9.17, 15) is 14.2 Å². The third-order valence-electron chi connectivity index (χ3n) is 4.47. The van der Waals surface area contributed by atoms with Crippen molar-refractivity contribution in [3.8, 4) is 0 Å². The molecule has 1 unspecified atom stereocenters. The number of hydrogen-bond donors (Lipinski definition) is 2. The molecule has 2 aromatic rings. The van der Waals surface area contributed by atoms with Crippen molar-refractivity contribution in [1.82, 2.24) is 24.6 Å². The second-order valence-corrected chi connectivity index (χ2v) is 11.2. The number of hydrogen-bond acceptors (Lipinski definition) is 11. The SMILES string of the molecule is CC(C)OC(=O)COP(=O)(CO[C@H](C)Cn1cnc2c(N)ncnc21)NC(C)(C)C(=O)OC(C)C. The minimum Gasteiger partial charge on any atom is -0.462 e. The van der Waals surface area contributed by atoms with Gasteiger partial charge in [0.15, 0.2) is 18.1 Å². The predicted molar refractivity (Wildman–Crippen MR) is 128 cm³/mol. The van der Waals surface area contributed by atoms with Crippen LogP contribution in [-0.4, -0.2) is 68.3 Å². The fourth-order valence-corrected chi connectivity index (χ4v) is 4.89. The summed E-state index contributed by atoms with van der Waals surface area (Å²) >= 11 is 0. The molecule has 196 valence electrons. The summed E-state index contributed by atoms with van der Waals surface area (Å²) in [6.45, 7) is 11.3. The number of nitrogens with one attached hydrogen (secondary N) is 1. The lowest BCUT2D eigenvalue weighted by Crippen LogP contribution is -2.47. The Morgan fingerprint density at radius 2 is 1.77 bits per heavy atom. The van der Waals surface area contributed by atoms with E-state index >= 15 is 0 Å². The van der Waals surface area contributed by atoms with Crippen molar-refractivity contribution >= 4 is 36.4 Å². The zero-order chi connectivity index (χ0) is 26.4. The minimum atomic E-state index is -3.88. The molecule has 0 spiro atoms. The molecule has 14 heteroatoms. The van der Waals surface area contributed by atoms with Gasteiger partial charge in [0.25, 0.3) is 7.52 Å². The number of carbonyl (C=O) groups is 2. The molecule has 0 aromatic carbocycles. The van der Waals surface area contributed by atoms with Crippen LogP contribution in [0.2, 0.25) is 0 Å². The maximum absolute atomic E-state index is 13.6. The van der Waals surface area contributed by atoms with Gasteiger partial charge in [-0.2, -0.15) is 0 Å². The average molecular weight is 515 g/mol. The summed E-state index contributed by atoms with van der Waals surface area (Å²) in [6, 6.07) is 0. The van der Waals surface area contributed by atoms with Gasteiger partial charge in [0, 0.05) is 0 Å². The molecule has 2 atom stereocenters. The summed E-state index contributed by atoms with van der Waals surface area (Å²) in [5.74, 6) is -1.07. The van der Waals surface area contributed by atoms with Crippen LogP contribution in [0.4, 0.5) is 5.82 Å². The van der Waals surface area contributed by atoms with Crippen molar-refractivity contribution in [2.24, 2.45) is 0 Å². The molecule has 0 aliphatic heterocycles. The number of nitrogens with zero attached hydrogens (tertiary/aromatic N) is 4. The Labute approximate surface area is 204 Å². The van der Waals surface area contributed by atoms with Gasteiger partial charge in [0.1, 0.15) is 23.7 Å². The first kappa shape index (κ1) is 28.6. The Kier molecular flexibility index (Phi) is 9.73. The van der Waals surface area contributed by atoms with Crippen LogP contribution in [0, 0.1) is 0 Å². The van der Waals surface area contributed by atoms with E-state index in [2.05, 4.69) is 20.0 Å². The zero-order valence-electron chi connectivity index (χ0n) is 21.2. The number of fused-ring (bicyclic) bond motifs is 1. The van der Waals surface area contributed by atoms with Crippen LogP contribution < -0.4 is 10.8 Å². The highest BCUT2D eigenvalue weighted by Crippen LogP contribution is 2.45. The van der Waals surface area contributed by atoms with Crippen LogP contribution in [0.3, 0.4) is 0 Å². The second kappa shape index (κ2) is 11.9. The number of carbonyl (C=O) groups excluding carboxylic acids is 2. The standard InChI is InChI=1S/C21H35N6O7P/c1-13(2)33-16(28)9-32-35(30,26-21(6,7)20(29)34-14(3)4)12-31-15(5)8-27-11-25-17-18(22)23-10-24-19(17)27/h10-11,13-15H,8-9,12H2,1-7H3,(H,26,30)(H2,22,23,24)/t15-,35?/m1/s1. The maximum Gasteiger partial charge on any atom is 0.332 e. The number of nitrogen functional groups attached to an aromatic ring is 1. The number of nitrogens with two attached hydrogens (primary N) is 1. The topological polar surface area (TPSA) is 170 Å². The predicted octanol–water partition coefficient (Wildman–Crippen LogP) is 2.25. The largest absolute Gasteiger partial charge is 0.462 e. The van der Waals surface area contributed by atoms with Gasteiger partial charge in [0.05, 0.1) is 31.2 Å². The normalized spacial score (nSPS) is 14.8. The highest BCUT2D eigenvalue weighted by molar-refractivity contribution is 7.56. The molecule has 2 heterocycles. The fourth-order valence-electron chi connectivity index (χ4n) is 2.98. The van der Waals surface area contributed by atoms with Crippen molar-refractivity contribution in [1.29, 1.82) is 0 Å². The van der Waals surface area contributed by atoms with Gasteiger partial charge in [-0.25, -0.2) is 24.8 Å². The third-order valence-corrected chi connectivity index (χ3v) is 6.41. The van der Waals surface area contributed by atoms with Gasteiger partial charge in [-0.05, 0) is 48.5 Å². The number of imidazole rings is 1. The molecule has 0 aliphatic carbocycles. The first-order chi connectivity index (χ1) is 16.2. The lowest BCUT2D eigenvalue weighted by Gasteiger charge is -2.30. The molecule has 2 rings (SSSR count). The van der Waals surface area contributed by atoms with E-state index < -0.39 is 44.1 Å². The molecule has 13 nitrogen and oxygen atoms in total. The summed E-state index contributed by atoms with van der Waals surface area (Å²) in [7, 11) is -3.88. The van der Waals surface area contributed by atoms with Gasteiger partial charge in [-0.15, -0.1) is 0 Å². The number of esters is 2. The third kappa shape index (κ3) is 8.53. The van der Waals surface area contributed by atoms with Crippen LogP contribution in [0.25, 0.3) is 11.2 Å². The second-order valence-electron chi connectivity index (χ2n) is 9.11. The van der Waals surface area contributed by atoms with Gasteiger partial charge in [0.2, 0.25) is 0 Å². The molecule has 35 heavy (non-hydrogen) atoms. The van der Waals surface area contributed by atoms with Crippen LogP contribution in [-0.2, 0) is 39.4 Å². The van der Waals surface area contributed by atoms with Crippen molar-refractivity contribution in [2.45, 2.75) is 78.9 Å². The fraction of sp³-hybridized carbons (Fsp3) is 0.667. The molecule has 3 N–H and O–H groups in total. The van der Waals surface area contributed by atoms with Gasteiger partial charge >= 0.3 is 11.9 Å². The van der Waals surface area contributed by atoms with Crippen LogP contribution in [0.1, 0.15) is 48.5 Å². The molecule has 0 saturated heterocycles. The summed E-state index contributed by atoms with van der Waals surface area (Å²) in [6.07, 6.45) is 1.25. The van der Waals surface area contributed by atoms with Crippen molar-refractivity contribution in [3.63, 3.8) is 0 Å². The van der Waals surface area contributed by atoms with E-state index in [0.717, 1.165) is 0 Å². The van der Waals surface area contributed by atoms with Gasteiger partial charge < -0.3 is 29.0 Å². The zero-order valence-corrected chi connectivity index (χ0v) is 22.1. The Balaban J connectivity index is 2.12. The minimum absolute atomic E-state index is 0.258.